The molecular formula is C17H23N5O2. The molecule has 2 atom stereocenters. The van der Waals surface area contributed by atoms with Crippen molar-refractivity contribution in [2.24, 2.45) is 11.8 Å². The second-order valence-corrected chi connectivity index (χ2v) is 6.79. The summed E-state index contributed by atoms with van der Waals surface area (Å²) in [6.07, 6.45) is 0.984. The second-order valence-electron chi connectivity index (χ2n) is 6.79. The maximum atomic E-state index is 12.7. The third kappa shape index (κ3) is 3.11. The second kappa shape index (κ2) is 6.22. The minimum atomic E-state index is -0.332. The van der Waals surface area contributed by atoms with Crippen LogP contribution in [0.4, 0.5) is 0 Å². The van der Waals surface area contributed by atoms with Crippen molar-refractivity contribution in [1.82, 2.24) is 24.6 Å². The van der Waals surface area contributed by atoms with E-state index in [9.17, 15) is 9.59 Å². The fourth-order valence-electron chi connectivity index (χ4n) is 3.08. The molecule has 1 N–H and O–H groups in total. The predicted molar refractivity (Wildman–Crippen MR) is 90.3 cm³/mol. The van der Waals surface area contributed by atoms with Crippen LogP contribution >= 0.6 is 0 Å². The van der Waals surface area contributed by atoms with Gasteiger partial charge >= 0.3 is 0 Å². The van der Waals surface area contributed by atoms with Crippen LogP contribution in [-0.2, 0) is 0 Å². The third-order valence-corrected chi connectivity index (χ3v) is 4.74. The molecule has 128 valence electrons. The number of hydrogen-bond acceptors (Lipinski definition) is 4. The Morgan fingerprint density at radius 1 is 1.17 bits per heavy atom. The van der Waals surface area contributed by atoms with E-state index in [-0.39, 0.29) is 23.1 Å². The Morgan fingerprint density at radius 2 is 1.83 bits per heavy atom. The quantitative estimate of drug-likeness (QED) is 0.909. The SMILES string of the molecule is Cc1cc(C)nc(-n2[nH]c(C(=O)N3CCC(C)C(C)C3)cc2=O)n1. The lowest BCUT2D eigenvalue weighted by molar-refractivity contribution is 0.0621. The standard InChI is InChI=1S/C17H23N5O2/c1-10-5-6-21(9-11(10)2)16(24)14-8-15(23)22(20-14)17-18-12(3)7-13(4)19-17/h7-8,10-11,20H,5-6,9H2,1-4H3. The van der Waals surface area contributed by atoms with Crippen LogP contribution in [0.15, 0.2) is 16.9 Å². The van der Waals surface area contributed by atoms with Gasteiger partial charge in [-0.2, -0.15) is 4.68 Å². The molecule has 0 aliphatic carbocycles. The van der Waals surface area contributed by atoms with Crippen LogP contribution < -0.4 is 5.56 Å². The van der Waals surface area contributed by atoms with Gasteiger partial charge < -0.3 is 4.90 Å². The molecule has 7 heteroatoms. The zero-order chi connectivity index (χ0) is 17.4. The summed E-state index contributed by atoms with van der Waals surface area (Å²) in [5.74, 6) is 1.19. The van der Waals surface area contributed by atoms with Gasteiger partial charge in [0.25, 0.3) is 17.4 Å². The van der Waals surface area contributed by atoms with E-state index in [1.54, 1.807) is 0 Å². The molecule has 2 aromatic heterocycles. The van der Waals surface area contributed by atoms with E-state index in [0.29, 0.717) is 18.4 Å². The van der Waals surface area contributed by atoms with Crippen molar-refractivity contribution in [3.05, 3.63) is 39.6 Å². The maximum absolute atomic E-state index is 12.7. The highest BCUT2D eigenvalue weighted by Crippen LogP contribution is 2.23. The minimum absolute atomic E-state index is 0.144. The summed E-state index contributed by atoms with van der Waals surface area (Å²) in [5, 5.41) is 2.86. The van der Waals surface area contributed by atoms with E-state index in [0.717, 1.165) is 24.4 Å². The van der Waals surface area contributed by atoms with Crippen molar-refractivity contribution in [2.75, 3.05) is 13.1 Å². The summed E-state index contributed by atoms with van der Waals surface area (Å²) < 4.78 is 1.23. The minimum Gasteiger partial charge on any atom is -0.337 e. The highest BCUT2D eigenvalue weighted by atomic mass is 16.2. The van der Waals surface area contributed by atoms with E-state index in [1.165, 1.54) is 10.7 Å². The first kappa shape index (κ1) is 16.4. The molecule has 0 bridgehead atoms. The molecule has 0 radical (unpaired) electrons. The Bertz CT molecular complexity index is 802. The van der Waals surface area contributed by atoms with Crippen LogP contribution in [0.3, 0.4) is 0 Å². The zero-order valence-corrected chi connectivity index (χ0v) is 14.5. The summed E-state index contributed by atoms with van der Waals surface area (Å²) >= 11 is 0. The van der Waals surface area contributed by atoms with Gasteiger partial charge in [0.15, 0.2) is 0 Å². The molecule has 1 saturated heterocycles. The molecule has 1 amide bonds. The van der Waals surface area contributed by atoms with Crippen molar-refractivity contribution in [3.8, 4) is 5.95 Å². The summed E-state index contributed by atoms with van der Waals surface area (Å²) in [7, 11) is 0. The number of H-pyrrole nitrogens is 1. The van der Waals surface area contributed by atoms with Gasteiger partial charge in [-0.1, -0.05) is 13.8 Å². The summed E-state index contributed by atoms with van der Waals surface area (Å²) in [6, 6.07) is 3.16. The molecule has 3 rings (SSSR count). The van der Waals surface area contributed by atoms with Crippen molar-refractivity contribution < 1.29 is 4.79 Å². The van der Waals surface area contributed by atoms with Gasteiger partial charge in [-0.25, -0.2) is 9.97 Å². The number of carbonyl (C=O) groups excluding carboxylic acids is 1. The van der Waals surface area contributed by atoms with Crippen molar-refractivity contribution in [3.63, 3.8) is 0 Å². The molecule has 0 spiro atoms. The average molecular weight is 329 g/mol. The third-order valence-electron chi connectivity index (χ3n) is 4.74. The summed E-state index contributed by atoms with van der Waals surface area (Å²) in [5.41, 5.74) is 1.49. The molecule has 0 saturated carbocycles. The van der Waals surface area contributed by atoms with Crippen LogP contribution in [0, 0.1) is 25.7 Å². The molecule has 24 heavy (non-hydrogen) atoms. The Labute approximate surface area is 140 Å². The number of aromatic nitrogens is 4. The van der Waals surface area contributed by atoms with Crippen molar-refractivity contribution in [2.45, 2.75) is 34.1 Å². The summed E-state index contributed by atoms with van der Waals surface area (Å²) in [6.45, 7) is 9.48. The number of hydrogen-bond donors (Lipinski definition) is 1. The normalized spacial score (nSPS) is 21.1. The first-order chi connectivity index (χ1) is 11.3. The van der Waals surface area contributed by atoms with Crippen LogP contribution in [0.25, 0.3) is 5.95 Å². The van der Waals surface area contributed by atoms with Gasteiger partial charge in [-0.15, -0.1) is 0 Å². The highest BCUT2D eigenvalue weighted by Gasteiger charge is 2.27. The first-order valence-electron chi connectivity index (χ1n) is 8.29. The fraction of sp³-hybridized carbons (Fsp3) is 0.529. The lowest BCUT2D eigenvalue weighted by Gasteiger charge is -2.34. The van der Waals surface area contributed by atoms with Crippen molar-refractivity contribution >= 4 is 5.91 Å². The molecule has 1 aliphatic heterocycles. The summed E-state index contributed by atoms with van der Waals surface area (Å²) in [4.78, 5) is 35.3. The Morgan fingerprint density at radius 3 is 2.46 bits per heavy atom. The average Bonchev–Trinajstić information content (AvgIpc) is 2.90. The van der Waals surface area contributed by atoms with Crippen LogP contribution in [0.2, 0.25) is 0 Å². The Hall–Kier alpha value is -2.44. The van der Waals surface area contributed by atoms with E-state index < -0.39 is 0 Å². The van der Waals surface area contributed by atoms with E-state index in [2.05, 4.69) is 28.9 Å². The molecule has 1 aliphatic rings. The molecule has 2 aromatic rings. The van der Waals surface area contributed by atoms with Gasteiger partial charge in [-0.05, 0) is 38.2 Å². The number of piperidine rings is 1. The molecule has 2 unspecified atom stereocenters. The number of nitrogens with one attached hydrogen (secondary N) is 1. The van der Waals surface area contributed by atoms with Gasteiger partial charge in [0.05, 0.1) is 0 Å². The van der Waals surface area contributed by atoms with Crippen LogP contribution in [0.1, 0.15) is 42.1 Å². The van der Waals surface area contributed by atoms with E-state index in [4.69, 9.17) is 0 Å². The zero-order valence-electron chi connectivity index (χ0n) is 14.5. The molecule has 7 nitrogen and oxygen atoms in total. The van der Waals surface area contributed by atoms with Gasteiger partial charge in [0.2, 0.25) is 0 Å². The number of rotatable bonds is 2. The highest BCUT2D eigenvalue weighted by molar-refractivity contribution is 5.92. The first-order valence-corrected chi connectivity index (χ1v) is 8.29. The topological polar surface area (TPSA) is 83.9 Å². The smallest absolute Gasteiger partial charge is 0.274 e. The lowest BCUT2D eigenvalue weighted by atomic mass is 9.88. The van der Waals surface area contributed by atoms with Crippen LogP contribution in [0.5, 0.6) is 0 Å². The monoisotopic (exact) mass is 329 g/mol. The lowest BCUT2D eigenvalue weighted by Crippen LogP contribution is -2.42. The number of amides is 1. The van der Waals surface area contributed by atoms with Crippen molar-refractivity contribution in [1.29, 1.82) is 0 Å². The maximum Gasteiger partial charge on any atom is 0.274 e. The van der Waals surface area contributed by atoms with Crippen LogP contribution in [-0.4, -0.2) is 43.6 Å². The van der Waals surface area contributed by atoms with E-state index in [1.807, 2.05) is 24.8 Å². The predicted octanol–water partition coefficient (Wildman–Crippen LogP) is 1.69. The number of aryl methyl sites for hydroxylation is 2. The Balaban J connectivity index is 1.89. The molecule has 1 fully saturated rings. The fourth-order valence-corrected chi connectivity index (χ4v) is 3.08. The number of carbonyl (C=O) groups is 1. The Kier molecular flexibility index (Phi) is 4.26. The van der Waals surface area contributed by atoms with Gasteiger partial charge in [0, 0.05) is 30.5 Å². The molecular weight excluding hydrogens is 306 g/mol. The number of nitrogens with zero attached hydrogens (tertiary/aromatic N) is 4. The van der Waals surface area contributed by atoms with Gasteiger partial charge in [0.1, 0.15) is 5.69 Å². The molecule has 3 heterocycles. The number of aromatic amines is 1. The largest absolute Gasteiger partial charge is 0.337 e. The number of likely N-dealkylation sites (tertiary alicyclic amines) is 1. The molecule has 0 aromatic carbocycles. The van der Waals surface area contributed by atoms with E-state index >= 15 is 0 Å². The van der Waals surface area contributed by atoms with Gasteiger partial charge in [-0.3, -0.25) is 14.7 Å².